The van der Waals surface area contributed by atoms with Crippen LogP contribution in [0.1, 0.15) is 24.6 Å². The van der Waals surface area contributed by atoms with Crippen LogP contribution < -0.4 is 0 Å². The van der Waals surface area contributed by atoms with Crippen molar-refractivity contribution in [1.29, 1.82) is 0 Å². The first kappa shape index (κ1) is 14.6. The molecule has 3 rings (SSSR count). The van der Waals surface area contributed by atoms with Crippen LogP contribution in [0.2, 0.25) is 0 Å². The zero-order chi connectivity index (χ0) is 15.4. The zero-order valence-corrected chi connectivity index (χ0v) is 13.4. The number of rotatable bonds is 3. The average Bonchev–Trinajstić information content (AvgIpc) is 3.03. The van der Waals surface area contributed by atoms with Gasteiger partial charge in [0.2, 0.25) is 0 Å². The highest BCUT2D eigenvalue weighted by Crippen LogP contribution is 2.31. The molecule has 22 heavy (non-hydrogen) atoms. The van der Waals surface area contributed by atoms with Crippen LogP contribution in [-0.2, 0) is 0 Å². The molecule has 2 heteroatoms. The molecule has 0 aliphatic carbocycles. The first-order valence-electron chi connectivity index (χ1n) is 7.40. The van der Waals surface area contributed by atoms with Gasteiger partial charge in [0, 0.05) is 11.3 Å². The number of hydrogen-bond acceptors (Lipinski definition) is 2. The number of nitrogens with zero attached hydrogens (tertiary/aromatic N) is 1. The van der Waals surface area contributed by atoms with Crippen LogP contribution in [0.4, 0.5) is 5.69 Å². The fourth-order valence-corrected chi connectivity index (χ4v) is 3.20. The van der Waals surface area contributed by atoms with Gasteiger partial charge in [-0.3, -0.25) is 4.99 Å². The summed E-state index contributed by atoms with van der Waals surface area (Å²) in [7, 11) is 0. The van der Waals surface area contributed by atoms with E-state index in [4.69, 9.17) is 0 Å². The SMILES string of the molecule is C=Nc1ccc2cc(-c3ccc(C#CCCC)s3)ccc2c1. The van der Waals surface area contributed by atoms with E-state index in [9.17, 15) is 0 Å². The lowest BCUT2D eigenvalue weighted by Gasteiger charge is -2.02. The third-order valence-corrected chi connectivity index (χ3v) is 4.53. The Hall–Kier alpha value is -2.37. The summed E-state index contributed by atoms with van der Waals surface area (Å²) in [5.41, 5.74) is 2.14. The van der Waals surface area contributed by atoms with E-state index < -0.39 is 0 Å². The molecule has 0 fully saturated rings. The third kappa shape index (κ3) is 3.10. The van der Waals surface area contributed by atoms with Crippen molar-refractivity contribution in [2.24, 2.45) is 4.99 Å². The Labute approximate surface area is 135 Å². The molecule has 1 nitrogen and oxygen atoms in total. The van der Waals surface area contributed by atoms with E-state index in [1.54, 1.807) is 11.3 Å². The predicted octanol–water partition coefficient (Wildman–Crippen LogP) is 6.05. The van der Waals surface area contributed by atoms with Gasteiger partial charge in [0.05, 0.1) is 10.6 Å². The van der Waals surface area contributed by atoms with Gasteiger partial charge in [0.15, 0.2) is 0 Å². The summed E-state index contributed by atoms with van der Waals surface area (Å²) in [5, 5.41) is 2.41. The number of hydrogen-bond donors (Lipinski definition) is 0. The highest BCUT2D eigenvalue weighted by Gasteiger charge is 2.03. The lowest BCUT2D eigenvalue weighted by atomic mass is 10.1. The van der Waals surface area contributed by atoms with Crippen LogP contribution in [0.15, 0.2) is 53.5 Å². The van der Waals surface area contributed by atoms with Crippen LogP contribution in [0.25, 0.3) is 21.2 Å². The van der Waals surface area contributed by atoms with Crippen molar-refractivity contribution < 1.29 is 0 Å². The minimum absolute atomic E-state index is 0.907. The number of benzene rings is 2. The van der Waals surface area contributed by atoms with Gasteiger partial charge >= 0.3 is 0 Å². The minimum Gasteiger partial charge on any atom is -0.265 e. The molecule has 3 aromatic rings. The molecule has 0 radical (unpaired) electrons. The highest BCUT2D eigenvalue weighted by atomic mass is 32.1. The molecule has 0 spiro atoms. The Morgan fingerprint density at radius 3 is 2.68 bits per heavy atom. The molecular weight excluding hydrogens is 286 g/mol. The zero-order valence-electron chi connectivity index (χ0n) is 12.6. The molecule has 0 N–H and O–H groups in total. The normalized spacial score (nSPS) is 10.2. The van der Waals surface area contributed by atoms with Crippen molar-refractivity contribution in [2.75, 3.05) is 0 Å². The van der Waals surface area contributed by atoms with Crippen LogP contribution in [0, 0.1) is 11.8 Å². The molecule has 0 bridgehead atoms. The standard InChI is InChI=1S/C20H17NS/c1-3-4-5-6-19-11-12-20(22-19)17-8-7-16-14-18(21-2)10-9-15(16)13-17/h7-14H,2-4H2,1H3. The maximum atomic E-state index is 3.98. The van der Waals surface area contributed by atoms with Crippen molar-refractivity contribution >= 4 is 34.5 Å². The first-order valence-corrected chi connectivity index (χ1v) is 8.21. The Morgan fingerprint density at radius 2 is 1.86 bits per heavy atom. The van der Waals surface area contributed by atoms with Gasteiger partial charge in [0.25, 0.3) is 0 Å². The van der Waals surface area contributed by atoms with Crippen LogP contribution in [0.5, 0.6) is 0 Å². The van der Waals surface area contributed by atoms with Crippen molar-refractivity contribution in [3.63, 3.8) is 0 Å². The minimum atomic E-state index is 0.907. The second-order valence-electron chi connectivity index (χ2n) is 5.12. The van der Waals surface area contributed by atoms with E-state index in [-0.39, 0.29) is 0 Å². The topological polar surface area (TPSA) is 12.4 Å². The summed E-state index contributed by atoms with van der Waals surface area (Å²) in [6.07, 6.45) is 2.07. The fraction of sp³-hybridized carbons (Fsp3) is 0.150. The first-order chi connectivity index (χ1) is 10.8. The highest BCUT2D eigenvalue weighted by molar-refractivity contribution is 7.16. The van der Waals surface area contributed by atoms with Crippen molar-refractivity contribution in [1.82, 2.24) is 0 Å². The van der Waals surface area contributed by atoms with E-state index in [1.165, 1.54) is 21.2 Å². The van der Waals surface area contributed by atoms with E-state index in [2.05, 4.69) is 72.9 Å². The summed E-state index contributed by atoms with van der Waals surface area (Å²) in [4.78, 5) is 6.37. The molecule has 1 aromatic heterocycles. The molecule has 108 valence electrons. The number of thiophene rings is 1. The van der Waals surface area contributed by atoms with Crippen LogP contribution in [0.3, 0.4) is 0 Å². The van der Waals surface area contributed by atoms with Gasteiger partial charge in [0.1, 0.15) is 0 Å². The summed E-state index contributed by atoms with van der Waals surface area (Å²) < 4.78 is 0. The Balaban J connectivity index is 1.93. The van der Waals surface area contributed by atoms with Crippen molar-refractivity contribution in [3.05, 3.63) is 53.4 Å². The second kappa shape index (κ2) is 6.60. The van der Waals surface area contributed by atoms with Gasteiger partial charge in [-0.15, -0.1) is 11.3 Å². The van der Waals surface area contributed by atoms with Crippen LogP contribution in [-0.4, -0.2) is 6.72 Å². The summed E-state index contributed by atoms with van der Waals surface area (Å²) in [6.45, 7) is 5.72. The maximum Gasteiger partial charge on any atom is 0.0775 e. The molecule has 0 saturated carbocycles. The summed E-state index contributed by atoms with van der Waals surface area (Å²) in [6, 6.07) is 16.9. The van der Waals surface area contributed by atoms with Crippen LogP contribution >= 0.6 is 11.3 Å². The van der Waals surface area contributed by atoms with Gasteiger partial charge < -0.3 is 0 Å². The lowest BCUT2D eigenvalue weighted by molar-refractivity contribution is 0.983. The Morgan fingerprint density at radius 1 is 1.05 bits per heavy atom. The average molecular weight is 303 g/mol. The molecule has 0 aliphatic rings. The molecular formula is C20H17NS. The third-order valence-electron chi connectivity index (χ3n) is 3.48. The van der Waals surface area contributed by atoms with Gasteiger partial charge in [-0.1, -0.05) is 37.0 Å². The second-order valence-corrected chi connectivity index (χ2v) is 6.20. The molecule has 0 saturated heterocycles. The molecule has 1 heterocycles. The molecule has 2 aromatic carbocycles. The van der Waals surface area contributed by atoms with E-state index >= 15 is 0 Å². The Bertz CT molecular complexity index is 877. The molecule has 0 amide bonds. The van der Waals surface area contributed by atoms with E-state index in [1.807, 2.05) is 6.07 Å². The monoisotopic (exact) mass is 303 g/mol. The fourth-order valence-electron chi connectivity index (χ4n) is 2.32. The Kier molecular flexibility index (Phi) is 4.37. The predicted molar refractivity (Wildman–Crippen MR) is 98.3 cm³/mol. The van der Waals surface area contributed by atoms with Crippen molar-refractivity contribution in [2.45, 2.75) is 19.8 Å². The summed E-state index contributed by atoms with van der Waals surface area (Å²) >= 11 is 1.75. The smallest absolute Gasteiger partial charge is 0.0775 e. The van der Waals surface area contributed by atoms with Gasteiger partial charge in [-0.05, 0) is 59.8 Å². The molecule has 0 atom stereocenters. The largest absolute Gasteiger partial charge is 0.265 e. The molecule has 0 unspecified atom stereocenters. The molecule has 0 aliphatic heterocycles. The number of fused-ring (bicyclic) bond motifs is 1. The number of aliphatic imine (C=N–C) groups is 1. The number of unbranched alkanes of at least 4 members (excludes halogenated alkanes) is 1. The quantitative estimate of drug-likeness (QED) is 0.412. The van der Waals surface area contributed by atoms with E-state index in [0.717, 1.165) is 23.4 Å². The van der Waals surface area contributed by atoms with E-state index in [0.29, 0.717) is 0 Å². The van der Waals surface area contributed by atoms with Gasteiger partial charge in [-0.2, -0.15) is 0 Å². The maximum absolute atomic E-state index is 3.98. The lowest BCUT2D eigenvalue weighted by Crippen LogP contribution is -1.75. The summed E-state index contributed by atoms with van der Waals surface area (Å²) in [5.74, 6) is 6.44. The van der Waals surface area contributed by atoms with Gasteiger partial charge in [-0.25, -0.2) is 0 Å². The van der Waals surface area contributed by atoms with Crippen molar-refractivity contribution in [3.8, 4) is 22.3 Å².